The molecule has 0 spiro atoms. The third-order valence-electron chi connectivity index (χ3n) is 3.17. The zero-order valence-electron chi connectivity index (χ0n) is 10.5. The van der Waals surface area contributed by atoms with E-state index >= 15 is 0 Å². The molecule has 1 aliphatic heterocycles. The fourth-order valence-electron chi connectivity index (χ4n) is 2.08. The van der Waals surface area contributed by atoms with Gasteiger partial charge < -0.3 is 10.2 Å². The second-order valence-corrected chi connectivity index (χ2v) is 4.58. The summed E-state index contributed by atoms with van der Waals surface area (Å²) in [4.78, 5) is 13.3. The Morgan fingerprint density at radius 3 is 2.50 bits per heavy atom. The number of hydrogen-bond acceptors (Lipinski definition) is 2. The Labute approximate surface area is 110 Å². The van der Waals surface area contributed by atoms with Crippen LogP contribution in [-0.4, -0.2) is 37.0 Å². The van der Waals surface area contributed by atoms with Crippen LogP contribution in [0, 0.1) is 5.92 Å². The maximum Gasteiger partial charge on any atom is 0.216 e. The summed E-state index contributed by atoms with van der Waals surface area (Å²) in [6.07, 6.45) is 5.08. The molecule has 0 saturated carbocycles. The van der Waals surface area contributed by atoms with Crippen LogP contribution in [0.4, 0.5) is 0 Å². The molecular weight excluding hydrogens is 268 g/mol. The van der Waals surface area contributed by atoms with E-state index in [1.165, 1.54) is 45.3 Å². The first-order valence-electron chi connectivity index (χ1n) is 6.19. The molecule has 0 bridgehead atoms. The van der Waals surface area contributed by atoms with Crippen LogP contribution < -0.4 is 5.32 Å². The summed E-state index contributed by atoms with van der Waals surface area (Å²) in [5.74, 6) is 0.801. The Bertz CT molecular complexity index is 191. The van der Waals surface area contributed by atoms with Crippen molar-refractivity contribution in [1.82, 2.24) is 10.2 Å². The summed E-state index contributed by atoms with van der Waals surface area (Å²) in [5.41, 5.74) is 0. The van der Waals surface area contributed by atoms with Crippen molar-refractivity contribution in [3.63, 3.8) is 0 Å². The first-order chi connectivity index (χ1) is 7.22. The summed E-state index contributed by atoms with van der Waals surface area (Å²) in [5, 5.41) is 2.92. The molecule has 1 rings (SSSR count). The molecular formula is C12H25BrN2O. The Morgan fingerprint density at radius 1 is 1.38 bits per heavy atom. The van der Waals surface area contributed by atoms with E-state index in [0.717, 1.165) is 6.54 Å². The number of nitrogens with one attached hydrogen (secondary N) is 1. The monoisotopic (exact) mass is 292 g/mol. The smallest absolute Gasteiger partial charge is 0.216 e. The van der Waals surface area contributed by atoms with E-state index in [0.29, 0.717) is 5.92 Å². The van der Waals surface area contributed by atoms with Crippen LogP contribution in [0.25, 0.3) is 0 Å². The minimum atomic E-state index is 0. The van der Waals surface area contributed by atoms with Gasteiger partial charge in [-0.15, -0.1) is 17.0 Å². The van der Waals surface area contributed by atoms with Crippen LogP contribution in [0.2, 0.25) is 0 Å². The lowest BCUT2D eigenvalue weighted by atomic mass is 9.96. The van der Waals surface area contributed by atoms with E-state index < -0.39 is 0 Å². The number of amides is 1. The zero-order chi connectivity index (χ0) is 11.1. The molecule has 1 amide bonds. The maximum absolute atomic E-state index is 10.8. The first-order valence-corrected chi connectivity index (χ1v) is 6.19. The minimum absolute atomic E-state index is 0. The third-order valence-corrected chi connectivity index (χ3v) is 3.17. The number of halogens is 1. The van der Waals surface area contributed by atoms with Gasteiger partial charge in [0.15, 0.2) is 0 Å². The lowest BCUT2D eigenvalue weighted by molar-refractivity contribution is -0.119. The zero-order valence-corrected chi connectivity index (χ0v) is 12.2. The number of likely N-dealkylation sites (tertiary alicyclic amines) is 1. The highest BCUT2D eigenvalue weighted by molar-refractivity contribution is 8.93. The van der Waals surface area contributed by atoms with Gasteiger partial charge in [0.05, 0.1) is 0 Å². The van der Waals surface area contributed by atoms with Gasteiger partial charge in [0.2, 0.25) is 5.91 Å². The highest BCUT2D eigenvalue weighted by Gasteiger charge is 2.18. The van der Waals surface area contributed by atoms with Crippen molar-refractivity contribution in [2.24, 2.45) is 5.92 Å². The van der Waals surface area contributed by atoms with Crippen molar-refractivity contribution in [3.05, 3.63) is 0 Å². The molecule has 96 valence electrons. The van der Waals surface area contributed by atoms with Gasteiger partial charge >= 0.3 is 0 Å². The van der Waals surface area contributed by atoms with Crippen molar-refractivity contribution in [2.45, 2.75) is 39.5 Å². The number of carbonyl (C=O) groups is 1. The van der Waals surface area contributed by atoms with Gasteiger partial charge in [-0.3, -0.25) is 4.79 Å². The minimum Gasteiger partial charge on any atom is -0.356 e. The van der Waals surface area contributed by atoms with E-state index in [1.807, 2.05) is 0 Å². The van der Waals surface area contributed by atoms with E-state index in [-0.39, 0.29) is 22.9 Å². The Kier molecular flexibility index (Phi) is 8.94. The van der Waals surface area contributed by atoms with Crippen molar-refractivity contribution < 1.29 is 4.79 Å². The average Bonchev–Trinajstić information content (AvgIpc) is 2.25. The Balaban J connectivity index is 0.00000225. The number of hydrogen-bond donors (Lipinski definition) is 1. The largest absolute Gasteiger partial charge is 0.356 e. The van der Waals surface area contributed by atoms with Gasteiger partial charge in [-0.25, -0.2) is 0 Å². The molecule has 0 atom stereocenters. The van der Waals surface area contributed by atoms with Crippen molar-refractivity contribution in [2.75, 3.05) is 26.2 Å². The molecule has 1 N–H and O–H groups in total. The molecule has 1 heterocycles. The van der Waals surface area contributed by atoms with Crippen LogP contribution in [0.15, 0.2) is 0 Å². The summed E-state index contributed by atoms with van der Waals surface area (Å²) >= 11 is 0. The number of carbonyl (C=O) groups excluding carboxylic acids is 1. The molecule has 1 aliphatic rings. The second kappa shape index (κ2) is 8.99. The quantitative estimate of drug-likeness (QED) is 0.843. The summed E-state index contributed by atoms with van der Waals surface area (Å²) in [7, 11) is 0. The van der Waals surface area contributed by atoms with Crippen LogP contribution in [0.5, 0.6) is 0 Å². The Morgan fingerprint density at radius 2 is 2.00 bits per heavy atom. The van der Waals surface area contributed by atoms with Crippen molar-refractivity contribution in [1.29, 1.82) is 0 Å². The number of piperidine rings is 1. The predicted octanol–water partition coefficient (Wildman–Crippen LogP) is 2.21. The molecule has 0 unspecified atom stereocenters. The van der Waals surface area contributed by atoms with Crippen LogP contribution in [0.3, 0.4) is 0 Å². The lowest BCUT2D eigenvalue weighted by Gasteiger charge is -2.31. The van der Waals surface area contributed by atoms with Crippen molar-refractivity contribution >= 4 is 22.9 Å². The second-order valence-electron chi connectivity index (χ2n) is 4.58. The molecule has 16 heavy (non-hydrogen) atoms. The molecule has 3 nitrogen and oxygen atoms in total. The van der Waals surface area contributed by atoms with E-state index in [1.54, 1.807) is 6.92 Å². The van der Waals surface area contributed by atoms with Crippen molar-refractivity contribution in [3.8, 4) is 0 Å². The maximum atomic E-state index is 10.8. The SMILES string of the molecule is Br.CCCCN1CCC(CNC(C)=O)CC1. The van der Waals surface area contributed by atoms with Gasteiger partial charge in [0, 0.05) is 13.5 Å². The summed E-state index contributed by atoms with van der Waals surface area (Å²) < 4.78 is 0. The topological polar surface area (TPSA) is 32.3 Å². The highest BCUT2D eigenvalue weighted by atomic mass is 79.9. The highest BCUT2D eigenvalue weighted by Crippen LogP contribution is 2.16. The van der Waals surface area contributed by atoms with Gasteiger partial charge in [-0.2, -0.15) is 0 Å². The summed E-state index contributed by atoms with van der Waals surface area (Å²) in [6.45, 7) is 8.38. The third kappa shape index (κ3) is 6.48. The molecule has 0 aromatic rings. The summed E-state index contributed by atoms with van der Waals surface area (Å²) in [6, 6.07) is 0. The van der Waals surface area contributed by atoms with Gasteiger partial charge in [0.1, 0.15) is 0 Å². The molecule has 0 aromatic heterocycles. The van der Waals surface area contributed by atoms with Crippen LogP contribution in [0.1, 0.15) is 39.5 Å². The lowest BCUT2D eigenvalue weighted by Crippen LogP contribution is -2.38. The standard InChI is InChI=1S/C12H24N2O.BrH/c1-3-4-7-14-8-5-12(6-9-14)10-13-11(2)15;/h12H,3-10H2,1-2H3,(H,13,15);1H. The molecule has 1 saturated heterocycles. The van der Waals surface area contributed by atoms with Gasteiger partial charge in [-0.1, -0.05) is 13.3 Å². The van der Waals surface area contributed by atoms with E-state index in [2.05, 4.69) is 17.1 Å². The molecule has 0 radical (unpaired) electrons. The van der Waals surface area contributed by atoms with E-state index in [9.17, 15) is 4.79 Å². The Hall–Kier alpha value is -0.0900. The molecule has 1 fully saturated rings. The van der Waals surface area contributed by atoms with Gasteiger partial charge in [0.25, 0.3) is 0 Å². The van der Waals surface area contributed by atoms with Crippen LogP contribution >= 0.6 is 17.0 Å². The fourth-order valence-corrected chi connectivity index (χ4v) is 2.08. The molecule has 0 aromatic carbocycles. The number of unbranched alkanes of at least 4 members (excludes halogenated alkanes) is 1. The van der Waals surface area contributed by atoms with E-state index in [4.69, 9.17) is 0 Å². The van der Waals surface area contributed by atoms with Gasteiger partial charge in [-0.05, 0) is 44.8 Å². The normalized spacial score (nSPS) is 17.9. The number of rotatable bonds is 5. The average molecular weight is 293 g/mol. The fraction of sp³-hybridized carbons (Fsp3) is 0.917. The molecule has 0 aliphatic carbocycles. The van der Waals surface area contributed by atoms with Crippen LogP contribution in [-0.2, 0) is 4.79 Å². The predicted molar refractivity (Wildman–Crippen MR) is 73.1 cm³/mol. The molecule has 4 heteroatoms. The number of nitrogens with zero attached hydrogens (tertiary/aromatic N) is 1. The first kappa shape index (κ1) is 15.9.